The zero-order valence-corrected chi connectivity index (χ0v) is 32.4. The van der Waals surface area contributed by atoms with Crippen LogP contribution in [0.3, 0.4) is 0 Å². The molecule has 0 saturated carbocycles. The van der Waals surface area contributed by atoms with E-state index in [4.69, 9.17) is 18.9 Å². The maximum atomic E-state index is 12.2. The minimum atomic E-state index is -0.462. The second-order valence-electron chi connectivity index (χ2n) is 13.1. The summed E-state index contributed by atoms with van der Waals surface area (Å²) < 4.78 is 20.9. The maximum absolute atomic E-state index is 12.2. The van der Waals surface area contributed by atoms with Crippen molar-refractivity contribution < 1.29 is 38.1 Å². The van der Waals surface area contributed by atoms with Crippen molar-refractivity contribution in [1.82, 2.24) is 0 Å². The molecule has 1 aromatic carbocycles. The molecule has 0 aliphatic heterocycles. The monoisotopic (exact) mass is 705 g/mol. The van der Waals surface area contributed by atoms with Crippen LogP contribution in [0.15, 0.2) is 24.3 Å². The van der Waals surface area contributed by atoms with Crippen molar-refractivity contribution in [2.24, 2.45) is 0 Å². The van der Waals surface area contributed by atoms with Crippen molar-refractivity contribution in [3.63, 3.8) is 0 Å². The van der Waals surface area contributed by atoms with Gasteiger partial charge in [0.1, 0.15) is 0 Å². The minimum Gasteiger partial charge on any atom is -0.466 e. The summed E-state index contributed by atoms with van der Waals surface area (Å²) in [6.07, 6.45) is 25.1. The van der Waals surface area contributed by atoms with Gasteiger partial charge in [-0.3, -0.25) is 9.59 Å². The van der Waals surface area contributed by atoms with Gasteiger partial charge in [-0.25, -0.2) is 9.59 Å². The van der Waals surface area contributed by atoms with E-state index in [-0.39, 0.29) is 23.1 Å². The number of carbonyl (C=O) groups is 4. The summed E-state index contributed by atoms with van der Waals surface area (Å²) in [4.78, 5) is 47.5. The molecule has 0 bridgehead atoms. The number of rotatable bonds is 31. The molecule has 1 rings (SSSR count). The largest absolute Gasteiger partial charge is 0.466 e. The molecular formula is C42H72O8. The van der Waals surface area contributed by atoms with Crippen molar-refractivity contribution in [2.75, 3.05) is 26.4 Å². The Balaban J connectivity index is 0.000000963. The molecule has 0 aromatic heterocycles. The van der Waals surface area contributed by atoms with Crippen LogP contribution in [0.4, 0.5) is 0 Å². The topological polar surface area (TPSA) is 105 Å². The van der Waals surface area contributed by atoms with Crippen LogP contribution in [0, 0.1) is 0 Å². The van der Waals surface area contributed by atoms with E-state index in [1.54, 1.807) is 24.3 Å². The Morgan fingerprint density at radius 2 is 0.680 bits per heavy atom. The van der Waals surface area contributed by atoms with Crippen molar-refractivity contribution in [3.8, 4) is 0 Å². The highest BCUT2D eigenvalue weighted by Crippen LogP contribution is 2.14. The molecule has 0 fully saturated rings. The van der Waals surface area contributed by atoms with Crippen molar-refractivity contribution in [2.45, 2.75) is 182 Å². The molecule has 288 valence electrons. The lowest BCUT2D eigenvalue weighted by Crippen LogP contribution is -2.15. The predicted octanol–water partition coefficient (Wildman–Crippen LogP) is 11.5. The SMILES string of the molecule is CCCCCCCCOC(=O)CCCCC(=O)OCCCCCCCC.CCCCCCCCOC(=O)c1ccccc1C(=O)OCCCC. The number of hydrogen-bond acceptors (Lipinski definition) is 8. The van der Waals surface area contributed by atoms with Gasteiger partial charge in [-0.1, -0.05) is 143 Å². The molecule has 0 saturated heterocycles. The average molecular weight is 705 g/mol. The lowest BCUT2D eigenvalue weighted by Gasteiger charge is -2.09. The van der Waals surface area contributed by atoms with Crippen LogP contribution < -0.4 is 0 Å². The fourth-order valence-corrected chi connectivity index (χ4v) is 5.17. The van der Waals surface area contributed by atoms with Gasteiger partial charge in [0.25, 0.3) is 0 Å². The van der Waals surface area contributed by atoms with Gasteiger partial charge < -0.3 is 18.9 Å². The fraction of sp³-hybridized carbons (Fsp3) is 0.762. The lowest BCUT2D eigenvalue weighted by atomic mass is 10.1. The third-order valence-electron chi connectivity index (χ3n) is 8.36. The first-order valence-corrected chi connectivity index (χ1v) is 20.2. The highest BCUT2D eigenvalue weighted by atomic mass is 16.5. The van der Waals surface area contributed by atoms with Gasteiger partial charge in [-0.15, -0.1) is 0 Å². The molecule has 0 aliphatic rings. The summed E-state index contributed by atoms with van der Waals surface area (Å²) in [6, 6.07) is 6.67. The van der Waals surface area contributed by atoms with Crippen molar-refractivity contribution >= 4 is 23.9 Å². The van der Waals surface area contributed by atoms with Crippen LogP contribution >= 0.6 is 0 Å². The summed E-state index contributed by atoms with van der Waals surface area (Å²) in [7, 11) is 0. The van der Waals surface area contributed by atoms with E-state index < -0.39 is 11.9 Å². The second kappa shape index (κ2) is 35.9. The summed E-state index contributed by atoms with van der Waals surface area (Å²) >= 11 is 0. The van der Waals surface area contributed by atoms with E-state index in [2.05, 4.69) is 20.8 Å². The Bertz CT molecular complexity index is 944. The van der Waals surface area contributed by atoms with E-state index in [1.165, 1.54) is 77.0 Å². The zero-order valence-electron chi connectivity index (χ0n) is 32.4. The molecule has 8 nitrogen and oxygen atoms in total. The highest BCUT2D eigenvalue weighted by Gasteiger charge is 2.18. The standard InChI is InChI=1S/C22H42O4.C20H30O4/c1-3-5-7-9-11-15-19-25-21(23)17-13-14-18-22(24)26-20-16-12-10-8-6-4-2;1-3-5-7-8-9-12-16-24-20(22)18-14-11-10-13-17(18)19(21)23-15-6-4-2/h3-20H2,1-2H3;10-11,13-14H,3-9,12,15-16H2,1-2H3. The van der Waals surface area contributed by atoms with Crippen LogP contribution in [0.5, 0.6) is 0 Å². The first kappa shape index (κ1) is 47.1. The second-order valence-corrected chi connectivity index (χ2v) is 13.1. The Labute approximate surface area is 305 Å². The Morgan fingerprint density at radius 1 is 0.380 bits per heavy atom. The van der Waals surface area contributed by atoms with Crippen molar-refractivity contribution in [3.05, 3.63) is 35.4 Å². The number of esters is 4. The smallest absolute Gasteiger partial charge is 0.339 e. The number of ether oxygens (including phenoxy) is 4. The summed E-state index contributed by atoms with van der Waals surface area (Å²) in [5.41, 5.74) is 0.562. The van der Waals surface area contributed by atoms with Gasteiger partial charge in [0.05, 0.1) is 37.6 Å². The zero-order chi connectivity index (χ0) is 36.9. The number of carbonyl (C=O) groups excluding carboxylic acids is 4. The van der Waals surface area contributed by atoms with Crippen LogP contribution in [0.2, 0.25) is 0 Å². The highest BCUT2D eigenvalue weighted by molar-refractivity contribution is 6.03. The molecule has 0 N–H and O–H groups in total. The number of hydrogen-bond donors (Lipinski definition) is 0. The van der Waals surface area contributed by atoms with Gasteiger partial charge in [0, 0.05) is 12.8 Å². The maximum Gasteiger partial charge on any atom is 0.339 e. The predicted molar refractivity (Wildman–Crippen MR) is 202 cm³/mol. The Morgan fingerprint density at radius 3 is 1.04 bits per heavy atom. The lowest BCUT2D eigenvalue weighted by molar-refractivity contribution is -0.146. The molecule has 0 heterocycles. The molecule has 0 atom stereocenters. The Hall–Kier alpha value is -2.90. The molecule has 8 heteroatoms. The van der Waals surface area contributed by atoms with Gasteiger partial charge in [-0.2, -0.15) is 0 Å². The van der Waals surface area contributed by atoms with E-state index in [0.29, 0.717) is 52.1 Å². The van der Waals surface area contributed by atoms with Crippen LogP contribution in [0.1, 0.15) is 203 Å². The molecule has 0 spiro atoms. The molecule has 0 radical (unpaired) electrons. The summed E-state index contributed by atoms with van der Waals surface area (Å²) in [5.74, 6) is -1.19. The molecule has 0 unspecified atom stereocenters. The van der Waals surface area contributed by atoms with Gasteiger partial charge >= 0.3 is 23.9 Å². The Kier molecular flexibility index (Phi) is 33.8. The molecular weight excluding hydrogens is 632 g/mol. The van der Waals surface area contributed by atoms with Crippen LogP contribution in [0.25, 0.3) is 0 Å². The summed E-state index contributed by atoms with van der Waals surface area (Å²) in [6.45, 7) is 10.5. The molecule has 0 aliphatic carbocycles. The van der Waals surface area contributed by atoms with Crippen LogP contribution in [-0.2, 0) is 28.5 Å². The number of unbranched alkanes of at least 4 members (excludes halogenated alkanes) is 17. The van der Waals surface area contributed by atoms with E-state index >= 15 is 0 Å². The van der Waals surface area contributed by atoms with Crippen LogP contribution in [-0.4, -0.2) is 50.3 Å². The molecule has 50 heavy (non-hydrogen) atoms. The first-order chi connectivity index (χ1) is 24.4. The normalized spacial score (nSPS) is 10.6. The summed E-state index contributed by atoms with van der Waals surface area (Å²) in [5, 5.41) is 0. The van der Waals surface area contributed by atoms with Gasteiger partial charge in [-0.05, 0) is 50.7 Å². The van der Waals surface area contributed by atoms with E-state index in [0.717, 1.165) is 51.4 Å². The molecule has 1 aromatic rings. The third-order valence-corrected chi connectivity index (χ3v) is 8.36. The first-order valence-electron chi connectivity index (χ1n) is 20.2. The van der Waals surface area contributed by atoms with Crippen molar-refractivity contribution in [1.29, 1.82) is 0 Å². The van der Waals surface area contributed by atoms with E-state index in [9.17, 15) is 19.2 Å². The van der Waals surface area contributed by atoms with Gasteiger partial charge in [0.15, 0.2) is 0 Å². The molecule has 0 amide bonds. The quantitative estimate of drug-likeness (QED) is 0.0427. The fourth-order valence-electron chi connectivity index (χ4n) is 5.17. The number of benzene rings is 1. The third kappa shape index (κ3) is 28.9. The van der Waals surface area contributed by atoms with Gasteiger partial charge in [0.2, 0.25) is 0 Å². The average Bonchev–Trinajstić information content (AvgIpc) is 3.12. The van der Waals surface area contributed by atoms with E-state index in [1.807, 2.05) is 6.92 Å². The minimum absolute atomic E-state index is 0.140.